The first-order valence-corrected chi connectivity index (χ1v) is 16.1. The lowest BCUT2D eigenvalue weighted by atomic mass is 9.89. The van der Waals surface area contributed by atoms with Gasteiger partial charge in [-0.2, -0.15) is 39.5 Å². The molecule has 1 heterocycles. The minimum Gasteiger partial charge on any atom is -0.542 e. The van der Waals surface area contributed by atoms with Crippen LogP contribution >= 0.6 is 0 Å². The van der Waals surface area contributed by atoms with E-state index in [1.807, 2.05) is 24.3 Å². The molecule has 21 heteroatoms. The molecule has 0 saturated heterocycles. The molecule has 56 heavy (non-hydrogen) atoms. The number of hydrogen-bond acceptors (Lipinski definition) is 9. The second-order valence-electron chi connectivity index (χ2n) is 11.2. The van der Waals surface area contributed by atoms with Gasteiger partial charge in [-0.3, -0.25) is 0 Å². The van der Waals surface area contributed by atoms with Crippen molar-refractivity contribution in [1.82, 2.24) is 0 Å². The number of aryl methyl sites for hydroxylation is 2. The molecule has 0 bridgehead atoms. The van der Waals surface area contributed by atoms with Crippen LogP contribution in [-0.2, 0) is 19.1 Å². The first kappa shape index (κ1) is 48.3. The fourth-order valence-corrected chi connectivity index (χ4v) is 4.55. The Morgan fingerprint density at radius 1 is 0.786 bits per heavy atom. The molecule has 0 saturated carbocycles. The Labute approximate surface area is 311 Å². The van der Waals surface area contributed by atoms with E-state index in [2.05, 4.69) is 68.0 Å². The van der Waals surface area contributed by atoms with E-state index in [0.717, 1.165) is 76.1 Å². The summed E-state index contributed by atoms with van der Waals surface area (Å²) in [5, 5.41) is 30.6. The molecule has 0 spiro atoms. The maximum Gasteiger partial charge on any atom is 0.430 e. The number of carboxylic acid groups (broad SMARTS) is 3. The quantitative estimate of drug-likeness (QED) is 0.0700. The minimum atomic E-state index is -5.19. The van der Waals surface area contributed by atoms with Crippen molar-refractivity contribution in [3.63, 3.8) is 0 Å². The van der Waals surface area contributed by atoms with Crippen LogP contribution in [-0.4, -0.2) is 68.6 Å². The molecule has 0 amide bonds. The first-order valence-electron chi connectivity index (χ1n) is 16.1. The summed E-state index contributed by atoms with van der Waals surface area (Å²) in [6, 6.07) is 16.2. The predicted octanol–water partition coefficient (Wildman–Crippen LogP) is -0.278. The van der Waals surface area contributed by atoms with Gasteiger partial charge < -0.3 is 49.9 Å². The molecule has 1 aliphatic heterocycles. The maximum atomic E-state index is 13.1. The molecular formula is C35H36F9N3O9. The van der Waals surface area contributed by atoms with Crippen molar-refractivity contribution >= 4 is 40.5 Å². The average molecular weight is 814 g/mol. The van der Waals surface area contributed by atoms with Crippen LogP contribution in [0, 0.1) is 13.8 Å². The first-order chi connectivity index (χ1) is 25.8. The van der Waals surface area contributed by atoms with Crippen molar-refractivity contribution in [3.8, 4) is 22.5 Å². The normalized spacial score (nSPS) is 11.7. The number of rotatable bonds is 8. The van der Waals surface area contributed by atoms with Crippen molar-refractivity contribution < 1.29 is 99.2 Å². The summed E-state index contributed by atoms with van der Waals surface area (Å²) in [6.07, 6.45) is -14.8. The fraction of sp³-hybridized carbons (Fsp3) is 0.343. The third kappa shape index (κ3) is 14.5. The molecule has 2 aliphatic rings. The highest BCUT2D eigenvalue weighted by atomic mass is 19.4. The molecule has 0 radical (unpaired) electrons. The van der Waals surface area contributed by atoms with Crippen molar-refractivity contribution in [2.75, 3.05) is 26.2 Å². The Balaban J connectivity index is 0.000000610. The van der Waals surface area contributed by atoms with Gasteiger partial charge in [0.1, 0.15) is 41.5 Å². The fourth-order valence-electron chi connectivity index (χ4n) is 4.55. The SMILES string of the molecule is CC[NH+]=c1cc2oc3cc([NH2+]CC)c(C)cc3c(-c3ccccc3C(=O)OCCC[NH3+])c-2cc1C.O=C([O-])C(F)(F)F.O=C([O-])C(F)(F)F.O=C([O-])C(F)(F)F. The van der Waals surface area contributed by atoms with E-state index in [1.54, 1.807) is 0 Å². The second kappa shape index (κ2) is 20.8. The highest BCUT2D eigenvalue weighted by Crippen LogP contribution is 2.42. The highest BCUT2D eigenvalue weighted by molar-refractivity contribution is 6.08. The number of quaternary nitrogens is 2. The van der Waals surface area contributed by atoms with Crippen LogP contribution in [0.4, 0.5) is 45.2 Å². The van der Waals surface area contributed by atoms with Gasteiger partial charge in [0.05, 0.1) is 31.3 Å². The Bertz CT molecular complexity index is 1970. The van der Waals surface area contributed by atoms with Crippen LogP contribution in [0.15, 0.2) is 52.9 Å². The van der Waals surface area contributed by atoms with E-state index in [4.69, 9.17) is 38.9 Å². The lowest BCUT2D eigenvalue weighted by molar-refractivity contribution is -0.568. The van der Waals surface area contributed by atoms with Gasteiger partial charge in [0, 0.05) is 40.1 Å². The van der Waals surface area contributed by atoms with Crippen LogP contribution in [0.1, 0.15) is 41.8 Å². The molecule has 4 rings (SSSR count). The number of hydrogen-bond donors (Lipinski definition) is 3. The van der Waals surface area contributed by atoms with Crippen molar-refractivity contribution in [2.24, 2.45) is 0 Å². The number of ether oxygens (including phenoxy) is 1. The lowest BCUT2D eigenvalue weighted by Crippen LogP contribution is -2.77. The number of alkyl halides is 9. The number of carbonyl (C=O) groups is 4. The summed E-state index contributed by atoms with van der Waals surface area (Å²) < 4.78 is 107. The summed E-state index contributed by atoms with van der Waals surface area (Å²) in [7, 11) is 0. The van der Waals surface area contributed by atoms with E-state index >= 15 is 0 Å². The van der Waals surface area contributed by atoms with Crippen LogP contribution in [0.2, 0.25) is 0 Å². The van der Waals surface area contributed by atoms with Crippen molar-refractivity contribution in [2.45, 2.75) is 52.6 Å². The van der Waals surface area contributed by atoms with Gasteiger partial charge in [-0.05, 0) is 51.5 Å². The number of nitrogens with one attached hydrogen (secondary N) is 1. The van der Waals surface area contributed by atoms with Crippen LogP contribution in [0.3, 0.4) is 0 Å². The number of carbonyl (C=O) groups excluding carboxylic acids is 4. The number of benzene rings is 3. The summed E-state index contributed by atoms with van der Waals surface area (Å²) >= 11 is 0. The lowest BCUT2D eigenvalue weighted by Gasteiger charge is -2.18. The molecule has 2 aromatic carbocycles. The van der Waals surface area contributed by atoms with Crippen molar-refractivity contribution in [1.29, 1.82) is 0 Å². The molecule has 2 aromatic rings. The highest BCUT2D eigenvalue weighted by Gasteiger charge is 2.30. The summed E-state index contributed by atoms with van der Waals surface area (Å²) in [5.41, 5.74) is 11.5. The third-order valence-electron chi connectivity index (χ3n) is 6.98. The Morgan fingerprint density at radius 3 is 1.77 bits per heavy atom. The van der Waals surface area contributed by atoms with E-state index in [-0.39, 0.29) is 5.97 Å². The van der Waals surface area contributed by atoms with Gasteiger partial charge >= 0.3 is 24.5 Å². The third-order valence-corrected chi connectivity index (χ3v) is 6.98. The topological polar surface area (TPSA) is 218 Å². The van der Waals surface area contributed by atoms with Gasteiger partial charge in [0.2, 0.25) is 5.36 Å². The summed E-state index contributed by atoms with van der Waals surface area (Å²) in [4.78, 5) is 42.9. The van der Waals surface area contributed by atoms with Gasteiger partial charge in [0.15, 0.2) is 0 Å². The zero-order valence-electron chi connectivity index (χ0n) is 30.0. The molecule has 0 fully saturated rings. The molecule has 1 aliphatic carbocycles. The number of halogens is 9. The monoisotopic (exact) mass is 813 g/mol. The van der Waals surface area contributed by atoms with Crippen molar-refractivity contribution in [3.05, 3.63) is 70.6 Å². The Hall–Kier alpha value is -5.70. The van der Waals surface area contributed by atoms with Gasteiger partial charge in [0.25, 0.3) is 0 Å². The van der Waals surface area contributed by atoms with E-state index in [0.29, 0.717) is 12.2 Å². The molecule has 0 aromatic heterocycles. The second-order valence-corrected chi connectivity index (χ2v) is 11.2. The zero-order chi connectivity index (χ0) is 43.2. The maximum absolute atomic E-state index is 13.1. The summed E-state index contributed by atoms with van der Waals surface area (Å²) in [5.74, 6) is -8.56. The van der Waals surface area contributed by atoms with Gasteiger partial charge in [-0.1, -0.05) is 18.2 Å². The number of fused-ring (bicyclic) bond motifs is 2. The molecule has 12 nitrogen and oxygen atoms in total. The van der Waals surface area contributed by atoms with Crippen LogP contribution in [0.25, 0.3) is 33.4 Å². The van der Waals surface area contributed by atoms with Crippen LogP contribution < -0.4 is 36.7 Å². The summed E-state index contributed by atoms with van der Waals surface area (Å²) in [6.45, 7) is 11.3. The van der Waals surface area contributed by atoms with Gasteiger partial charge in [-0.25, -0.2) is 9.79 Å². The minimum absolute atomic E-state index is 0.315. The van der Waals surface area contributed by atoms with Crippen LogP contribution in [0.5, 0.6) is 0 Å². The molecule has 308 valence electrons. The molecular weight excluding hydrogens is 777 g/mol. The zero-order valence-corrected chi connectivity index (χ0v) is 30.0. The number of esters is 1. The molecule has 0 atom stereocenters. The Kier molecular flexibility index (Phi) is 18.0. The number of nitrogens with two attached hydrogens (primary N) is 1. The number of aliphatic carboxylic acids is 3. The Morgan fingerprint density at radius 2 is 1.30 bits per heavy atom. The molecule has 6 N–H and O–H groups in total. The standard InChI is InChI=1S/C29H33N3O3.3C2HF3O2/c1-5-31-24-16-26-22(14-18(24)3)28(23-15-19(4)25(32-6-2)17-27(23)35-26)20-10-7-8-11-21(20)29(33)34-13-9-12-30;3*3-2(4,5)1(6)7/h7-8,10-11,14-17,31H,5-6,9,12-13,30H2,1-4H3;3*(H,6,7). The molecule has 0 unspecified atom stereocenters. The van der Waals surface area contributed by atoms with E-state index in [9.17, 15) is 44.3 Å². The van der Waals surface area contributed by atoms with E-state index < -0.39 is 36.4 Å². The largest absolute Gasteiger partial charge is 0.542 e. The number of carboxylic acids is 3. The smallest absolute Gasteiger partial charge is 0.430 e. The predicted molar refractivity (Wildman–Crippen MR) is 170 cm³/mol. The average Bonchev–Trinajstić information content (AvgIpc) is 3.08. The van der Waals surface area contributed by atoms with E-state index in [1.165, 1.54) is 5.56 Å². The van der Waals surface area contributed by atoms with Gasteiger partial charge in [-0.15, -0.1) is 0 Å².